The van der Waals surface area contributed by atoms with Crippen molar-refractivity contribution < 1.29 is 9.90 Å². The van der Waals surface area contributed by atoms with Crippen LogP contribution < -0.4 is 0 Å². The van der Waals surface area contributed by atoms with E-state index in [4.69, 9.17) is 5.11 Å². The number of hydrogen-bond donors (Lipinski definition) is 1. The van der Waals surface area contributed by atoms with Crippen LogP contribution >= 0.6 is 11.3 Å². The molecule has 0 unspecified atom stereocenters. The van der Waals surface area contributed by atoms with E-state index in [0.717, 1.165) is 11.4 Å². The molecule has 2 rings (SSSR count). The number of likely N-dealkylation sites (tertiary alicyclic amines) is 1. The van der Waals surface area contributed by atoms with Gasteiger partial charge in [-0.1, -0.05) is 12.8 Å². The molecule has 1 aromatic heterocycles. The molecule has 0 bridgehead atoms. The van der Waals surface area contributed by atoms with Gasteiger partial charge in [0.2, 0.25) is 0 Å². The second-order valence-corrected chi connectivity index (χ2v) is 5.87. The molecule has 0 spiro atoms. The van der Waals surface area contributed by atoms with Crippen molar-refractivity contribution >= 4 is 23.4 Å². The fourth-order valence-corrected chi connectivity index (χ4v) is 3.20. The summed E-state index contributed by atoms with van der Waals surface area (Å²) in [6, 6.07) is 4.11. The summed E-state index contributed by atoms with van der Waals surface area (Å²) in [5, 5.41) is 8.58. The standard InChI is InChI=1S/C14H19NO2S/c16-14(17)8-7-12-5-6-13(18-12)11-15-9-3-1-2-4-10-15/h5-8H,1-4,9-11H2,(H,16,17). The van der Waals surface area contributed by atoms with Crippen LogP contribution in [0.1, 0.15) is 35.4 Å². The summed E-state index contributed by atoms with van der Waals surface area (Å²) in [5.41, 5.74) is 0. The average Bonchev–Trinajstić information content (AvgIpc) is 2.62. The lowest BCUT2D eigenvalue weighted by molar-refractivity contribution is -0.131. The zero-order chi connectivity index (χ0) is 12.8. The number of nitrogens with zero attached hydrogens (tertiary/aromatic N) is 1. The Labute approximate surface area is 112 Å². The van der Waals surface area contributed by atoms with Crippen LogP contribution in [0.5, 0.6) is 0 Å². The molecular formula is C14H19NO2S. The Kier molecular flexibility index (Phi) is 4.96. The molecule has 0 aliphatic carbocycles. The summed E-state index contributed by atoms with van der Waals surface area (Å²) in [5.74, 6) is -0.891. The van der Waals surface area contributed by atoms with Crippen LogP contribution in [0, 0.1) is 0 Å². The van der Waals surface area contributed by atoms with Gasteiger partial charge in [-0.15, -0.1) is 11.3 Å². The first-order chi connectivity index (χ1) is 8.74. The molecule has 1 saturated heterocycles. The topological polar surface area (TPSA) is 40.5 Å². The molecule has 0 aromatic carbocycles. The largest absolute Gasteiger partial charge is 0.478 e. The maximum Gasteiger partial charge on any atom is 0.328 e. The molecule has 3 nitrogen and oxygen atoms in total. The molecule has 4 heteroatoms. The summed E-state index contributed by atoms with van der Waals surface area (Å²) in [6.45, 7) is 3.39. The Balaban J connectivity index is 1.91. The van der Waals surface area contributed by atoms with Gasteiger partial charge in [0, 0.05) is 22.4 Å². The van der Waals surface area contributed by atoms with Crippen LogP contribution in [0.3, 0.4) is 0 Å². The van der Waals surface area contributed by atoms with Gasteiger partial charge < -0.3 is 5.11 Å². The van der Waals surface area contributed by atoms with E-state index in [-0.39, 0.29) is 0 Å². The third-order valence-corrected chi connectivity index (χ3v) is 4.19. The number of rotatable bonds is 4. The van der Waals surface area contributed by atoms with Crippen LogP contribution in [0.15, 0.2) is 18.2 Å². The van der Waals surface area contributed by atoms with Gasteiger partial charge in [0.05, 0.1) is 0 Å². The summed E-state index contributed by atoms with van der Waals surface area (Å²) in [4.78, 5) is 15.3. The number of hydrogen-bond acceptors (Lipinski definition) is 3. The van der Waals surface area contributed by atoms with Gasteiger partial charge in [-0.25, -0.2) is 4.79 Å². The predicted molar refractivity (Wildman–Crippen MR) is 74.7 cm³/mol. The van der Waals surface area contributed by atoms with Crippen LogP contribution in [0.2, 0.25) is 0 Å². The van der Waals surface area contributed by atoms with E-state index in [1.54, 1.807) is 17.4 Å². The number of thiophene rings is 1. The highest BCUT2D eigenvalue weighted by Crippen LogP contribution is 2.21. The normalized spacial score (nSPS) is 18.0. The predicted octanol–water partition coefficient (Wildman–Crippen LogP) is 3.22. The molecular weight excluding hydrogens is 246 g/mol. The lowest BCUT2D eigenvalue weighted by Crippen LogP contribution is -2.23. The first-order valence-electron chi connectivity index (χ1n) is 6.46. The third kappa shape index (κ3) is 4.27. The second-order valence-electron chi connectivity index (χ2n) is 4.67. The Morgan fingerprint density at radius 1 is 1.28 bits per heavy atom. The molecule has 1 aromatic rings. The fraction of sp³-hybridized carbons (Fsp3) is 0.500. The maximum absolute atomic E-state index is 10.4. The minimum Gasteiger partial charge on any atom is -0.478 e. The third-order valence-electron chi connectivity index (χ3n) is 3.15. The van der Waals surface area contributed by atoms with Gasteiger partial charge >= 0.3 is 5.97 Å². The van der Waals surface area contributed by atoms with Crippen molar-refractivity contribution in [3.8, 4) is 0 Å². The highest BCUT2D eigenvalue weighted by molar-refractivity contribution is 7.12. The van der Waals surface area contributed by atoms with E-state index in [9.17, 15) is 4.79 Å². The SMILES string of the molecule is O=C(O)C=Cc1ccc(CN2CCCCCC2)s1. The molecule has 1 fully saturated rings. The highest BCUT2D eigenvalue weighted by atomic mass is 32.1. The zero-order valence-electron chi connectivity index (χ0n) is 10.5. The molecule has 1 aliphatic heterocycles. The zero-order valence-corrected chi connectivity index (χ0v) is 11.3. The van der Waals surface area contributed by atoms with Crippen molar-refractivity contribution in [1.29, 1.82) is 0 Å². The summed E-state index contributed by atoms with van der Waals surface area (Å²) in [6.07, 6.45) is 8.18. The van der Waals surface area contributed by atoms with Gasteiger partial charge in [0.15, 0.2) is 0 Å². The van der Waals surface area contributed by atoms with Crippen LogP contribution in [-0.4, -0.2) is 29.1 Å². The number of carboxylic acid groups (broad SMARTS) is 1. The number of carboxylic acids is 1. The monoisotopic (exact) mass is 265 g/mol. The Bertz CT molecular complexity index is 417. The number of carbonyl (C=O) groups is 1. The smallest absolute Gasteiger partial charge is 0.328 e. The van der Waals surface area contributed by atoms with E-state index in [0.29, 0.717) is 0 Å². The first-order valence-corrected chi connectivity index (χ1v) is 7.28. The molecule has 1 aliphatic rings. The Hall–Kier alpha value is -1.13. The van der Waals surface area contributed by atoms with Crippen molar-refractivity contribution in [2.45, 2.75) is 32.2 Å². The van der Waals surface area contributed by atoms with Gasteiger partial charge in [-0.2, -0.15) is 0 Å². The van der Waals surface area contributed by atoms with Gasteiger partial charge in [-0.05, 0) is 44.1 Å². The van der Waals surface area contributed by atoms with E-state index >= 15 is 0 Å². The van der Waals surface area contributed by atoms with Crippen LogP contribution in [0.25, 0.3) is 6.08 Å². The van der Waals surface area contributed by atoms with Crippen molar-refractivity contribution in [1.82, 2.24) is 4.90 Å². The molecule has 0 radical (unpaired) electrons. The molecule has 0 atom stereocenters. The number of aliphatic carboxylic acids is 1. The van der Waals surface area contributed by atoms with Gasteiger partial charge in [0.25, 0.3) is 0 Å². The summed E-state index contributed by atoms with van der Waals surface area (Å²) < 4.78 is 0. The van der Waals surface area contributed by atoms with Gasteiger partial charge in [-0.3, -0.25) is 4.90 Å². The fourth-order valence-electron chi connectivity index (χ4n) is 2.24. The van der Waals surface area contributed by atoms with Crippen molar-refractivity contribution in [3.63, 3.8) is 0 Å². The summed E-state index contributed by atoms with van der Waals surface area (Å²) in [7, 11) is 0. The van der Waals surface area contributed by atoms with Gasteiger partial charge in [0.1, 0.15) is 0 Å². The van der Waals surface area contributed by atoms with E-state index in [2.05, 4.69) is 11.0 Å². The lowest BCUT2D eigenvalue weighted by Gasteiger charge is -2.18. The second kappa shape index (κ2) is 6.71. The Morgan fingerprint density at radius 2 is 2.00 bits per heavy atom. The minimum atomic E-state index is -0.891. The molecule has 0 amide bonds. The quantitative estimate of drug-likeness (QED) is 0.850. The Morgan fingerprint density at radius 3 is 2.67 bits per heavy atom. The van der Waals surface area contributed by atoms with Crippen molar-refractivity contribution in [2.75, 3.05) is 13.1 Å². The molecule has 98 valence electrons. The summed E-state index contributed by atoms with van der Waals surface area (Å²) >= 11 is 1.68. The lowest BCUT2D eigenvalue weighted by atomic mass is 10.2. The van der Waals surface area contributed by atoms with Crippen molar-refractivity contribution in [3.05, 3.63) is 28.0 Å². The molecule has 18 heavy (non-hydrogen) atoms. The van der Waals surface area contributed by atoms with E-state index in [1.807, 2.05) is 6.07 Å². The van der Waals surface area contributed by atoms with Crippen LogP contribution in [-0.2, 0) is 11.3 Å². The van der Waals surface area contributed by atoms with E-state index in [1.165, 1.54) is 49.7 Å². The van der Waals surface area contributed by atoms with E-state index < -0.39 is 5.97 Å². The van der Waals surface area contributed by atoms with Crippen LogP contribution in [0.4, 0.5) is 0 Å². The molecule has 2 heterocycles. The highest BCUT2D eigenvalue weighted by Gasteiger charge is 2.10. The average molecular weight is 265 g/mol. The maximum atomic E-state index is 10.4. The van der Waals surface area contributed by atoms with Crippen molar-refractivity contribution in [2.24, 2.45) is 0 Å². The molecule has 1 N–H and O–H groups in total. The first kappa shape index (κ1) is 13.3. The minimum absolute atomic E-state index is 0.891. The molecule has 0 saturated carbocycles.